The first kappa shape index (κ1) is 15.6. The summed E-state index contributed by atoms with van der Waals surface area (Å²) in [6.45, 7) is 11.4. The highest BCUT2D eigenvalue weighted by Crippen LogP contribution is 2.28. The van der Waals surface area contributed by atoms with Crippen LogP contribution in [-0.2, 0) is 4.79 Å². The second kappa shape index (κ2) is 5.29. The van der Waals surface area contributed by atoms with Crippen molar-refractivity contribution in [2.45, 2.75) is 47.6 Å². The second-order valence-corrected chi connectivity index (χ2v) is 6.90. The van der Waals surface area contributed by atoms with Gasteiger partial charge in [-0.2, -0.15) is 5.10 Å². The minimum atomic E-state index is -0.765. The highest BCUT2D eigenvalue weighted by molar-refractivity contribution is 5.98. The summed E-state index contributed by atoms with van der Waals surface area (Å²) >= 11 is 0. The van der Waals surface area contributed by atoms with Gasteiger partial charge in [0.15, 0.2) is 5.78 Å². The van der Waals surface area contributed by atoms with E-state index in [-0.39, 0.29) is 11.2 Å². The van der Waals surface area contributed by atoms with Crippen molar-refractivity contribution in [1.29, 1.82) is 0 Å². The average molecular weight is 264 g/mol. The molecule has 1 heterocycles. The largest absolute Gasteiger partial charge is 0.386 e. The zero-order chi connectivity index (χ0) is 14.8. The zero-order valence-electron chi connectivity index (χ0n) is 12.6. The van der Waals surface area contributed by atoms with Crippen molar-refractivity contribution < 1.29 is 9.90 Å². The van der Waals surface area contributed by atoms with E-state index in [9.17, 15) is 9.90 Å². The van der Waals surface area contributed by atoms with Crippen molar-refractivity contribution in [2.75, 3.05) is 0 Å². The molecule has 1 N–H and O–H groups in total. The van der Waals surface area contributed by atoms with Gasteiger partial charge in [-0.15, -0.1) is 0 Å². The van der Waals surface area contributed by atoms with Crippen LogP contribution in [0, 0.1) is 10.8 Å². The fourth-order valence-electron chi connectivity index (χ4n) is 1.49. The van der Waals surface area contributed by atoms with Gasteiger partial charge in [0.2, 0.25) is 0 Å². The van der Waals surface area contributed by atoms with Crippen LogP contribution in [0.1, 0.15) is 41.5 Å². The number of aliphatic hydroxyl groups excluding tert-OH is 1. The first-order chi connectivity index (χ1) is 8.53. The smallest absolute Gasteiger partial charge is 0.162 e. The van der Waals surface area contributed by atoms with Crippen LogP contribution < -0.4 is 0 Å². The summed E-state index contributed by atoms with van der Waals surface area (Å²) in [5.74, 6) is -0.0266. The standard InChI is InChI=1S/C15H24N2O2/c1-14(2,3)12(18)10-11(13(19)15(4,5)6)17-9-7-8-16-17/h7-10,13,19H,1-6H3/b11-10-/t13-/m0/s1. The Labute approximate surface area is 115 Å². The van der Waals surface area contributed by atoms with Crippen molar-refractivity contribution in [2.24, 2.45) is 10.8 Å². The molecule has 0 bridgehead atoms. The number of carbonyl (C=O) groups is 1. The Kier molecular flexibility index (Phi) is 4.35. The van der Waals surface area contributed by atoms with Gasteiger partial charge in [0.1, 0.15) is 6.10 Å². The predicted octanol–water partition coefficient (Wildman–Crippen LogP) is 2.75. The number of allylic oxidation sites excluding steroid dienone is 1. The van der Waals surface area contributed by atoms with Gasteiger partial charge in [-0.05, 0) is 11.5 Å². The summed E-state index contributed by atoms with van der Waals surface area (Å²) in [4.78, 5) is 12.2. The fourth-order valence-corrected chi connectivity index (χ4v) is 1.49. The number of hydrogen-bond acceptors (Lipinski definition) is 3. The van der Waals surface area contributed by atoms with Gasteiger partial charge in [-0.1, -0.05) is 41.5 Å². The van der Waals surface area contributed by atoms with Crippen LogP contribution in [0.4, 0.5) is 0 Å². The van der Waals surface area contributed by atoms with E-state index >= 15 is 0 Å². The first-order valence-corrected chi connectivity index (χ1v) is 6.47. The molecule has 0 saturated heterocycles. The summed E-state index contributed by atoms with van der Waals surface area (Å²) in [5, 5.41) is 14.6. The zero-order valence-corrected chi connectivity index (χ0v) is 12.6. The number of rotatable bonds is 3. The van der Waals surface area contributed by atoms with E-state index in [0.29, 0.717) is 5.70 Å². The molecule has 106 valence electrons. The van der Waals surface area contributed by atoms with E-state index in [4.69, 9.17) is 0 Å². The lowest BCUT2D eigenvalue weighted by molar-refractivity contribution is -0.121. The van der Waals surface area contributed by atoms with Gasteiger partial charge in [0.25, 0.3) is 0 Å². The van der Waals surface area contributed by atoms with Crippen molar-refractivity contribution >= 4 is 11.5 Å². The fraction of sp³-hybridized carbons (Fsp3) is 0.600. The maximum Gasteiger partial charge on any atom is 0.162 e. The van der Waals surface area contributed by atoms with Crippen LogP contribution in [0.3, 0.4) is 0 Å². The second-order valence-electron chi connectivity index (χ2n) is 6.90. The highest BCUT2D eigenvalue weighted by Gasteiger charge is 2.29. The van der Waals surface area contributed by atoms with Crippen molar-refractivity contribution in [3.8, 4) is 0 Å². The molecule has 0 saturated carbocycles. The lowest BCUT2D eigenvalue weighted by Crippen LogP contribution is -2.31. The summed E-state index contributed by atoms with van der Waals surface area (Å²) in [7, 11) is 0. The van der Waals surface area contributed by atoms with Gasteiger partial charge in [-0.25, -0.2) is 4.68 Å². The van der Waals surface area contributed by atoms with Crippen molar-refractivity contribution in [1.82, 2.24) is 9.78 Å². The number of ketones is 1. The van der Waals surface area contributed by atoms with E-state index in [2.05, 4.69) is 5.10 Å². The maximum absolute atomic E-state index is 12.2. The van der Waals surface area contributed by atoms with Gasteiger partial charge in [0, 0.05) is 23.9 Å². The lowest BCUT2D eigenvalue weighted by atomic mass is 9.84. The molecule has 0 amide bonds. The SMILES string of the molecule is CC(C)(C)C(=O)/C=C(/[C@H](O)C(C)(C)C)n1cccn1. The Bertz CT molecular complexity index is 459. The van der Waals surface area contributed by atoms with Crippen molar-refractivity contribution in [3.63, 3.8) is 0 Å². The van der Waals surface area contributed by atoms with E-state index in [1.807, 2.05) is 41.5 Å². The quantitative estimate of drug-likeness (QED) is 0.854. The van der Waals surface area contributed by atoms with Gasteiger partial charge < -0.3 is 5.11 Å². The Hall–Kier alpha value is -1.42. The first-order valence-electron chi connectivity index (χ1n) is 6.47. The van der Waals surface area contributed by atoms with E-state index in [0.717, 1.165) is 0 Å². The highest BCUT2D eigenvalue weighted by atomic mass is 16.3. The molecule has 1 atom stereocenters. The molecule has 1 aromatic heterocycles. The molecule has 0 unspecified atom stereocenters. The molecule has 0 radical (unpaired) electrons. The predicted molar refractivity (Wildman–Crippen MR) is 76.4 cm³/mol. The third kappa shape index (κ3) is 4.03. The van der Waals surface area contributed by atoms with Crippen LogP contribution in [0.5, 0.6) is 0 Å². The minimum absolute atomic E-state index is 0.0266. The summed E-state index contributed by atoms with van der Waals surface area (Å²) in [6, 6.07) is 1.77. The number of aliphatic hydroxyl groups is 1. The van der Waals surface area contributed by atoms with E-state index in [1.165, 1.54) is 6.08 Å². The lowest BCUT2D eigenvalue weighted by Gasteiger charge is -2.28. The van der Waals surface area contributed by atoms with Crippen LogP contribution >= 0.6 is 0 Å². The number of aromatic nitrogens is 2. The number of nitrogens with zero attached hydrogens (tertiary/aromatic N) is 2. The molecule has 0 aromatic carbocycles. The number of hydrogen-bond donors (Lipinski definition) is 1. The molecule has 4 nitrogen and oxygen atoms in total. The molecular formula is C15H24N2O2. The molecule has 19 heavy (non-hydrogen) atoms. The number of carbonyl (C=O) groups excluding carboxylic acids is 1. The molecule has 0 aliphatic heterocycles. The van der Waals surface area contributed by atoms with Gasteiger partial charge in [-0.3, -0.25) is 4.79 Å². The maximum atomic E-state index is 12.2. The van der Waals surface area contributed by atoms with E-state index < -0.39 is 11.5 Å². The molecule has 1 aromatic rings. The summed E-state index contributed by atoms with van der Waals surface area (Å²) in [6.07, 6.45) is 4.10. The topological polar surface area (TPSA) is 55.1 Å². The van der Waals surface area contributed by atoms with Crippen LogP contribution in [0.2, 0.25) is 0 Å². The monoisotopic (exact) mass is 264 g/mol. The third-order valence-electron chi connectivity index (χ3n) is 2.89. The van der Waals surface area contributed by atoms with Crippen LogP contribution in [0.25, 0.3) is 5.70 Å². The Morgan fingerprint density at radius 2 is 1.84 bits per heavy atom. The van der Waals surface area contributed by atoms with Gasteiger partial charge >= 0.3 is 0 Å². The molecular weight excluding hydrogens is 240 g/mol. The van der Waals surface area contributed by atoms with Crippen LogP contribution in [0.15, 0.2) is 24.5 Å². The molecule has 0 aliphatic carbocycles. The van der Waals surface area contributed by atoms with Crippen molar-refractivity contribution in [3.05, 3.63) is 24.5 Å². The molecule has 1 rings (SSSR count). The normalized spacial score (nSPS) is 15.4. The Balaban J connectivity index is 3.22. The molecule has 0 aliphatic rings. The van der Waals surface area contributed by atoms with E-state index in [1.54, 1.807) is 23.1 Å². The minimum Gasteiger partial charge on any atom is -0.386 e. The van der Waals surface area contributed by atoms with Gasteiger partial charge in [0.05, 0.1) is 5.70 Å². The van der Waals surface area contributed by atoms with Crippen LogP contribution in [-0.4, -0.2) is 26.8 Å². The molecule has 4 heteroatoms. The Morgan fingerprint density at radius 3 is 2.21 bits per heavy atom. The Morgan fingerprint density at radius 1 is 1.26 bits per heavy atom. The summed E-state index contributed by atoms with van der Waals surface area (Å²) in [5.41, 5.74) is -0.330. The average Bonchev–Trinajstić information content (AvgIpc) is 2.74. The third-order valence-corrected chi connectivity index (χ3v) is 2.89. The molecule has 0 spiro atoms. The summed E-state index contributed by atoms with van der Waals surface area (Å²) < 4.78 is 1.56. The molecule has 0 fully saturated rings.